The molecule has 2 heterocycles. The molecule has 1 aliphatic rings. The Labute approximate surface area is 169 Å². The van der Waals surface area contributed by atoms with Crippen molar-refractivity contribution in [1.82, 2.24) is 19.7 Å². The molecule has 4 rings (SSSR count). The van der Waals surface area contributed by atoms with Crippen LogP contribution in [0.3, 0.4) is 0 Å². The summed E-state index contributed by atoms with van der Waals surface area (Å²) in [7, 11) is 0. The summed E-state index contributed by atoms with van der Waals surface area (Å²) in [5.74, 6) is -0.654. The molecule has 0 fully saturated rings. The molecule has 29 heavy (non-hydrogen) atoms. The molecule has 10 heteroatoms. The molecule has 1 N–H and O–H groups in total. The van der Waals surface area contributed by atoms with Crippen LogP contribution in [0.2, 0.25) is 5.02 Å². The quantitative estimate of drug-likeness (QED) is 0.691. The Morgan fingerprint density at radius 2 is 1.86 bits per heavy atom. The predicted molar refractivity (Wildman–Crippen MR) is 103 cm³/mol. The van der Waals surface area contributed by atoms with Gasteiger partial charge >= 0.3 is 11.7 Å². The number of nitrogens with one attached hydrogen (secondary N) is 1. The molecule has 1 aliphatic heterocycles. The Hall–Kier alpha value is -3.46. The molecule has 3 aromatic rings. The number of carbonyl (C=O) groups is 2. The van der Waals surface area contributed by atoms with Crippen LogP contribution >= 0.6 is 11.6 Å². The second-order valence-electron chi connectivity index (χ2n) is 6.41. The lowest BCUT2D eigenvalue weighted by atomic mass is 10.2. The highest BCUT2D eigenvalue weighted by atomic mass is 35.5. The number of anilines is 1. The van der Waals surface area contributed by atoms with Crippen molar-refractivity contribution in [2.24, 2.45) is 0 Å². The van der Waals surface area contributed by atoms with Crippen LogP contribution in [0.25, 0.3) is 0 Å². The molecule has 0 atom stereocenters. The molecular formula is C19H15ClFN5O3. The molecule has 1 aromatic heterocycles. The van der Waals surface area contributed by atoms with Crippen molar-refractivity contribution in [1.29, 1.82) is 0 Å². The minimum atomic E-state index is -0.706. The van der Waals surface area contributed by atoms with Gasteiger partial charge in [0, 0.05) is 17.3 Å². The van der Waals surface area contributed by atoms with E-state index in [0.717, 1.165) is 14.8 Å². The highest BCUT2D eigenvalue weighted by Crippen LogP contribution is 2.22. The molecule has 0 spiro atoms. The topological polar surface area (TPSA) is 89.2 Å². The highest BCUT2D eigenvalue weighted by molar-refractivity contribution is 6.31. The van der Waals surface area contributed by atoms with Gasteiger partial charge in [0.25, 0.3) is 0 Å². The van der Waals surface area contributed by atoms with Gasteiger partial charge in [-0.05, 0) is 35.9 Å². The van der Waals surface area contributed by atoms with E-state index in [1.165, 1.54) is 29.2 Å². The van der Waals surface area contributed by atoms with E-state index in [2.05, 4.69) is 10.4 Å². The number of amides is 2. The van der Waals surface area contributed by atoms with E-state index in [0.29, 0.717) is 10.7 Å². The van der Waals surface area contributed by atoms with Crippen molar-refractivity contribution in [2.75, 3.05) is 4.90 Å². The summed E-state index contributed by atoms with van der Waals surface area (Å²) in [6, 6.07) is 11.8. The summed E-state index contributed by atoms with van der Waals surface area (Å²) in [4.78, 5) is 38.6. The van der Waals surface area contributed by atoms with Crippen LogP contribution in [0.4, 0.5) is 14.9 Å². The molecule has 148 valence electrons. The van der Waals surface area contributed by atoms with Crippen LogP contribution in [0.1, 0.15) is 11.4 Å². The second kappa shape index (κ2) is 7.51. The zero-order valence-corrected chi connectivity index (χ0v) is 15.8. The smallest absolute Gasteiger partial charge is 0.350 e. The molecule has 0 radical (unpaired) electrons. The fraction of sp³-hybridized carbons (Fsp3) is 0.158. The minimum absolute atomic E-state index is 0.0496. The maximum absolute atomic E-state index is 13.1. The molecule has 0 saturated heterocycles. The van der Waals surface area contributed by atoms with Gasteiger partial charge in [-0.2, -0.15) is 9.67 Å². The number of carbonyl (C=O) groups excluding carboxylic acids is 2. The fourth-order valence-electron chi connectivity index (χ4n) is 3.03. The van der Waals surface area contributed by atoms with Crippen molar-refractivity contribution in [2.45, 2.75) is 19.6 Å². The summed E-state index contributed by atoms with van der Waals surface area (Å²) in [5, 5.41) is 7.28. The Kier molecular flexibility index (Phi) is 4.89. The molecule has 0 bridgehead atoms. The highest BCUT2D eigenvalue weighted by Gasteiger charge is 2.33. The normalized spacial score (nSPS) is 12.9. The number of halogens is 2. The van der Waals surface area contributed by atoms with E-state index in [-0.39, 0.29) is 25.5 Å². The number of aromatic nitrogens is 3. The molecule has 8 nitrogen and oxygen atoms in total. The van der Waals surface area contributed by atoms with Crippen LogP contribution in [-0.4, -0.2) is 26.3 Å². The van der Waals surface area contributed by atoms with Crippen LogP contribution in [-0.2, 0) is 24.4 Å². The van der Waals surface area contributed by atoms with Crippen LogP contribution < -0.4 is 15.9 Å². The van der Waals surface area contributed by atoms with Crippen LogP contribution in [0, 0.1) is 5.82 Å². The van der Waals surface area contributed by atoms with Gasteiger partial charge in [-0.3, -0.25) is 9.69 Å². The first-order chi connectivity index (χ1) is 13.9. The number of fused-ring (bicyclic) bond motifs is 1. The first-order valence-electron chi connectivity index (χ1n) is 8.70. The van der Waals surface area contributed by atoms with Crippen LogP contribution in [0.5, 0.6) is 0 Å². The SMILES string of the molecule is O=C(Cn1nc2n(c1=O)C(=O)N(c1ccc(F)cc1)C2)NCc1ccccc1Cl. The Balaban J connectivity index is 1.45. The third kappa shape index (κ3) is 3.64. The lowest BCUT2D eigenvalue weighted by Gasteiger charge is -2.14. The summed E-state index contributed by atoms with van der Waals surface area (Å²) < 4.78 is 14.9. The van der Waals surface area contributed by atoms with E-state index in [9.17, 15) is 18.8 Å². The van der Waals surface area contributed by atoms with Crippen molar-refractivity contribution < 1.29 is 14.0 Å². The largest absolute Gasteiger partial charge is 0.354 e. The van der Waals surface area contributed by atoms with Gasteiger partial charge in [-0.25, -0.2) is 18.7 Å². The number of nitrogens with zero attached hydrogens (tertiary/aromatic N) is 4. The number of rotatable bonds is 5. The van der Waals surface area contributed by atoms with Gasteiger partial charge in [0.05, 0.1) is 6.54 Å². The van der Waals surface area contributed by atoms with Gasteiger partial charge in [0.2, 0.25) is 5.91 Å². The Morgan fingerprint density at radius 3 is 2.55 bits per heavy atom. The van der Waals surface area contributed by atoms with Gasteiger partial charge in [0.1, 0.15) is 12.4 Å². The Bertz CT molecular complexity index is 1160. The lowest BCUT2D eigenvalue weighted by molar-refractivity contribution is -0.122. The van der Waals surface area contributed by atoms with E-state index >= 15 is 0 Å². The second-order valence-corrected chi connectivity index (χ2v) is 6.81. The molecular weight excluding hydrogens is 401 g/mol. The van der Waals surface area contributed by atoms with E-state index in [4.69, 9.17) is 11.6 Å². The van der Waals surface area contributed by atoms with Gasteiger partial charge < -0.3 is 5.32 Å². The number of hydrogen-bond donors (Lipinski definition) is 1. The fourth-order valence-corrected chi connectivity index (χ4v) is 3.23. The standard InChI is InChI=1S/C19H15ClFN5O3/c20-15-4-2-1-3-12(15)9-22-17(27)11-25-19(29)26-16(23-25)10-24(18(26)28)14-7-5-13(21)6-8-14/h1-8H,9-11H2,(H,22,27). The first kappa shape index (κ1) is 18.9. The van der Waals surface area contributed by atoms with Crippen molar-refractivity contribution in [3.63, 3.8) is 0 Å². The van der Waals surface area contributed by atoms with E-state index in [1.807, 2.05) is 0 Å². The third-order valence-corrected chi connectivity index (χ3v) is 4.86. The van der Waals surface area contributed by atoms with Crippen molar-refractivity contribution in [3.05, 3.63) is 81.2 Å². The lowest BCUT2D eigenvalue weighted by Crippen LogP contribution is -2.37. The third-order valence-electron chi connectivity index (χ3n) is 4.49. The molecule has 0 saturated carbocycles. The average Bonchev–Trinajstić information content (AvgIpc) is 3.18. The minimum Gasteiger partial charge on any atom is -0.350 e. The summed E-state index contributed by atoms with van der Waals surface area (Å²) in [5.41, 5.74) is 0.486. The number of hydrogen-bond acceptors (Lipinski definition) is 4. The molecule has 2 aromatic carbocycles. The molecule has 0 unspecified atom stereocenters. The zero-order chi connectivity index (χ0) is 20.5. The number of benzene rings is 2. The van der Waals surface area contributed by atoms with E-state index in [1.54, 1.807) is 24.3 Å². The van der Waals surface area contributed by atoms with Gasteiger partial charge in [0.15, 0.2) is 5.82 Å². The zero-order valence-electron chi connectivity index (χ0n) is 15.0. The van der Waals surface area contributed by atoms with Crippen LogP contribution in [0.15, 0.2) is 53.3 Å². The molecule has 2 amide bonds. The van der Waals surface area contributed by atoms with Gasteiger partial charge in [-0.1, -0.05) is 29.8 Å². The summed E-state index contributed by atoms with van der Waals surface area (Å²) in [6.45, 7) is -0.0703. The average molecular weight is 416 g/mol. The maximum atomic E-state index is 13.1. The first-order valence-corrected chi connectivity index (χ1v) is 9.08. The summed E-state index contributed by atoms with van der Waals surface area (Å²) >= 11 is 6.05. The van der Waals surface area contributed by atoms with Crippen molar-refractivity contribution >= 4 is 29.2 Å². The van der Waals surface area contributed by atoms with E-state index < -0.39 is 23.4 Å². The summed E-state index contributed by atoms with van der Waals surface area (Å²) in [6.07, 6.45) is 0. The van der Waals surface area contributed by atoms with Gasteiger partial charge in [-0.15, -0.1) is 0 Å². The monoisotopic (exact) mass is 415 g/mol. The predicted octanol–water partition coefficient (Wildman–Crippen LogP) is 2.14. The Morgan fingerprint density at radius 1 is 1.14 bits per heavy atom. The maximum Gasteiger partial charge on any atom is 0.354 e. The molecule has 0 aliphatic carbocycles. The van der Waals surface area contributed by atoms with Crippen molar-refractivity contribution in [3.8, 4) is 0 Å².